The Kier molecular flexibility index (Phi) is 6.00. The number of nitrogens with two attached hydrogens (primary N) is 1. The highest BCUT2D eigenvalue weighted by molar-refractivity contribution is 7.18. The first-order valence-electron chi connectivity index (χ1n) is 8.67. The van der Waals surface area contributed by atoms with Crippen molar-refractivity contribution in [1.82, 2.24) is 4.98 Å². The number of hydrogen-bond acceptors (Lipinski definition) is 6. The lowest BCUT2D eigenvalue weighted by molar-refractivity contribution is -0.153. The summed E-state index contributed by atoms with van der Waals surface area (Å²) < 4.78 is 6.26. The number of hydrogen-bond donors (Lipinski definition) is 2. The smallest absolute Gasteiger partial charge is 0.306 e. The molecule has 28 heavy (non-hydrogen) atoms. The zero-order valence-electron chi connectivity index (χ0n) is 15.2. The molecule has 3 rings (SSSR count). The molecule has 0 aliphatic rings. The van der Waals surface area contributed by atoms with E-state index in [9.17, 15) is 14.4 Å². The Morgan fingerprint density at radius 2 is 1.86 bits per heavy atom. The van der Waals surface area contributed by atoms with Gasteiger partial charge >= 0.3 is 5.97 Å². The predicted molar refractivity (Wildman–Crippen MR) is 107 cm³/mol. The highest BCUT2D eigenvalue weighted by Gasteiger charge is 2.18. The summed E-state index contributed by atoms with van der Waals surface area (Å²) in [6.45, 7) is 1.50. The minimum atomic E-state index is -0.946. The van der Waals surface area contributed by atoms with Gasteiger partial charge in [0.15, 0.2) is 6.10 Å². The molecule has 1 atom stereocenters. The minimum absolute atomic E-state index is 0.144. The summed E-state index contributed by atoms with van der Waals surface area (Å²) in [5.41, 5.74) is 6.90. The van der Waals surface area contributed by atoms with E-state index in [0.29, 0.717) is 17.7 Å². The van der Waals surface area contributed by atoms with Gasteiger partial charge < -0.3 is 15.8 Å². The molecule has 0 aliphatic heterocycles. The van der Waals surface area contributed by atoms with E-state index in [1.165, 1.54) is 30.4 Å². The lowest BCUT2D eigenvalue weighted by Gasteiger charge is -2.13. The van der Waals surface area contributed by atoms with Crippen LogP contribution in [0.15, 0.2) is 48.5 Å². The summed E-state index contributed by atoms with van der Waals surface area (Å²) in [4.78, 5) is 39.7. The molecule has 3 N–H and O–H groups in total. The number of rotatable bonds is 7. The second kappa shape index (κ2) is 8.62. The molecule has 2 amide bonds. The summed E-state index contributed by atoms with van der Waals surface area (Å²) in [5.74, 6) is -1.47. The van der Waals surface area contributed by atoms with Crippen molar-refractivity contribution in [2.45, 2.75) is 25.9 Å². The maximum Gasteiger partial charge on any atom is 0.306 e. The molecule has 0 unspecified atom stereocenters. The SMILES string of the molecule is C[C@H](OC(=O)CCc1nc2ccccc2s1)C(=O)Nc1ccc(C(N)=O)cc1. The molecule has 0 saturated heterocycles. The number of para-hydroxylation sites is 1. The summed E-state index contributed by atoms with van der Waals surface area (Å²) >= 11 is 1.54. The summed E-state index contributed by atoms with van der Waals surface area (Å²) in [6.07, 6.45) is -0.343. The van der Waals surface area contributed by atoms with Gasteiger partial charge in [-0.05, 0) is 43.3 Å². The second-order valence-corrected chi connectivity index (χ2v) is 7.25. The second-order valence-electron chi connectivity index (χ2n) is 6.14. The highest BCUT2D eigenvalue weighted by atomic mass is 32.1. The molecule has 3 aromatic rings. The number of nitrogens with one attached hydrogen (secondary N) is 1. The minimum Gasteiger partial charge on any atom is -0.453 e. The fourth-order valence-corrected chi connectivity index (χ4v) is 3.47. The Bertz CT molecular complexity index is 981. The molecule has 0 bridgehead atoms. The van der Waals surface area contributed by atoms with Crippen molar-refractivity contribution < 1.29 is 19.1 Å². The molecular weight excluding hydrogens is 378 g/mol. The van der Waals surface area contributed by atoms with Gasteiger partial charge in [0.05, 0.1) is 21.6 Å². The normalized spacial score (nSPS) is 11.8. The Hall–Kier alpha value is -3.26. The van der Waals surface area contributed by atoms with Crippen molar-refractivity contribution in [2.75, 3.05) is 5.32 Å². The molecule has 2 aromatic carbocycles. The number of nitrogens with zero attached hydrogens (tertiary/aromatic N) is 1. The predicted octanol–water partition coefficient (Wildman–Crippen LogP) is 2.90. The van der Waals surface area contributed by atoms with Crippen LogP contribution in [0.1, 0.15) is 28.7 Å². The number of fused-ring (bicyclic) bond motifs is 1. The average Bonchev–Trinajstić information content (AvgIpc) is 3.09. The van der Waals surface area contributed by atoms with Gasteiger partial charge in [0.1, 0.15) is 0 Å². The van der Waals surface area contributed by atoms with Crippen molar-refractivity contribution in [2.24, 2.45) is 5.73 Å². The van der Waals surface area contributed by atoms with E-state index in [0.717, 1.165) is 15.2 Å². The zero-order valence-corrected chi connectivity index (χ0v) is 16.0. The Labute approximate surface area is 165 Å². The number of carbonyl (C=O) groups is 3. The number of benzene rings is 2. The van der Waals surface area contributed by atoms with Crippen LogP contribution < -0.4 is 11.1 Å². The third kappa shape index (κ3) is 4.92. The molecule has 0 aliphatic carbocycles. The van der Waals surface area contributed by atoms with E-state index in [1.54, 1.807) is 12.1 Å². The van der Waals surface area contributed by atoms with Gasteiger partial charge in [-0.3, -0.25) is 14.4 Å². The molecule has 8 heteroatoms. The van der Waals surface area contributed by atoms with Crippen LogP contribution in [-0.2, 0) is 20.7 Å². The number of ether oxygens (including phenoxy) is 1. The molecule has 7 nitrogen and oxygen atoms in total. The number of esters is 1. The van der Waals surface area contributed by atoms with E-state index in [4.69, 9.17) is 10.5 Å². The third-order valence-corrected chi connectivity index (χ3v) is 5.09. The van der Waals surface area contributed by atoms with Crippen molar-refractivity contribution >= 4 is 45.0 Å². The van der Waals surface area contributed by atoms with E-state index >= 15 is 0 Å². The lowest BCUT2D eigenvalue weighted by atomic mass is 10.2. The van der Waals surface area contributed by atoms with Crippen molar-refractivity contribution in [3.8, 4) is 0 Å². The fraction of sp³-hybridized carbons (Fsp3) is 0.200. The summed E-state index contributed by atoms with van der Waals surface area (Å²) in [7, 11) is 0. The number of carbonyl (C=O) groups excluding carboxylic acids is 3. The Morgan fingerprint density at radius 1 is 1.14 bits per heavy atom. The number of anilines is 1. The van der Waals surface area contributed by atoms with Crippen LogP contribution in [-0.4, -0.2) is 28.9 Å². The first-order chi connectivity index (χ1) is 13.4. The Morgan fingerprint density at radius 3 is 2.54 bits per heavy atom. The van der Waals surface area contributed by atoms with E-state index < -0.39 is 23.9 Å². The third-order valence-electron chi connectivity index (χ3n) is 4.00. The largest absolute Gasteiger partial charge is 0.453 e. The average molecular weight is 397 g/mol. The Balaban J connectivity index is 1.48. The van der Waals surface area contributed by atoms with Crippen molar-refractivity contribution in [3.63, 3.8) is 0 Å². The first-order valence-corrected chi connectivity index (χ1v) is 9.48. The molecule has 0 spiro atoms. The van der Waals surface area contributed by atoms with E-state index in [-0.39, 0.29) is 6.42 Å². The van der Waals surface area contributed by atoms with Gasteiger partial charge in [0.25, 0.3) is 5.91 Å². The van der Waals surface area contributed by atoms with Crippen LogP contribution in [0.25, 0.3) is 10.2 Å². The van der Waals surface area contributed by atoms with Gasteiger partial charge in [-0.1, -0.05) is 12.1 Å². The van der Waals surface area contributed by atoms with Crippen LogP contribution in [0.5, 0.6) is 0 Å². The molecule has 0 saturated carbocycles. The summed E-state index contributed by atoms with van der Waals surface area (Å²) in [5, 5.41) is 3.48. The van der Waals surface area contributed by atoms with Crippen LogP contribution in [0.4, 0.5) is 5.69 Å². The molecule has 1 heterocycles. The maximum atomic E-state index is 12.2. The van der Waals surface area contributed by atoms with Crippen LogP contribution in [0, 0.1) is 0 Å². The topological polar surface area (TPSA) is 111 Å². The van der Waals surface area contributed by atoms with Gasteiger partial charge in [0.2, 0.25) is 5.91 Å². The molecule has 1 aromatic heterocycles. The van der Waals surface area contributed by atoms with Crippen LogP contribution in [0.2, 0.25) is 0 Å². The van der Waals surface area contributed by atoms with Gasteiger partial charge in [-0.15, -0.1) is 11.3 Å². The number of aryl methyl sites for hydroxylation is 1. The van der Waals surface area contributed by atoms with Crippen molar-refractivity contribution in [1.29, 1.82) is 0 Å². The number of amides is 2. The number of aromatic nitrogens is 1. The summed E-state index contributed by atoms with van der Waals surface area (Å²) in [6, 6.07) is 13.9. The highest BCUT2D eigenvalue weighted by Crippen LogP contribution is 2.22. The fourth-order valence-electron chi connectivity index (χ4n) is 2.51. The molecule has 144 valence electrons. The standard InChI is InChI=1S/C20H19N3O4S/c1-12(20(26)22-14-8-6-13(7-9-14)19(21)25)27-18(24)11-10-17-23-15-4-2-3-5-16(15)28-17/h2-9,12H,10-11H2,1H3,(H2,21,25)(H,22,26)/t12-/m0/s1. The first kappa shape index (κ1) is 19.5. The monoisotopic (exact) mass is 397 g/mol. The quantitative estimate of drug-likeness (QED) is 0.596. The van der Waals surface area contributed by atoms with Gasteiger partial charge in [-0.25, -0.2) is 4.98 Å². The molecule has 0 radical (unpaired) electrons. The van der Waals surface area contributed by atoms with Crippen LogP contribution >= 0.6 is 11.3 Å². The maximum absolute atomic E-state index is 12.2. The van der Waals surface area contributed by atoms with Crippen LogP contribution in [0.3, 0.4) is 0 Å². The zero-order chi connectivity index (χ0) is 20.1. The number of primary amides is 1. The van der Waals surface area contributed by atoms with E-state index in [1.807, 2.05) is 24.3 Å². The van der Waals surface area contributed by atoms with E-state index in [2.05, 4.69) is 10.3 Å². The van der Waals surface area contributed by atoms with Gasteiger partial charge in [-0.2, -0.15) is 0 Å². The lowest BCUT2D eigenvalue weighted by Crippen LogP contribution is -2.30. The molecule has 0 fully saturated rings. The van der Waals surface area contributed by atoms with Crippen molar-refractivity contribution in [3.05, 3.63) is 59.1 Å². The molecular formula is C20H19N3O4S. The van der Waals surface area contributed by atoms with Gasteiger partial charge in [0, 0.05) is 17.7 Å². The number of thiazole rings is 1.